The van der Waals surface area contributed by atoms with Crippen molar-refractivity contribution < 1.29 is 9.47 Å². The summed E-state index contributed by atoms with van der Waals surface area (Å²) in [7, 11) is 4.77. The molecule has 0 aromatic carbocycles. The largest absolute Gasteiger partial charge is 0.467 e. The Hall–Kier alpha value is -2.38. The van der Waals surface area contributed by atoms with Gasteiger partial charge in [0.1, 0.15) is 0 Å². The molecule has 0 bridgehead atoms. The summed E-state index contributed by atoms with van der Waals surface area (Å²) in [5.41, 5.74) is 0.766. The molecule has 0 aliphatic rings. The molecule has 0 atom stereocenters. The summed E-state index contributed by atoms with van der Waals surface area (Å²) in [6, 6.07) is 0.367. The van der Waals surface area contributed by atoms with Crippen LogP contribution in [-0.2, 0) is 7.05 Å². The summed E-state index contributed by atoms with van der Waals surface area (Å²) >= 11 is 0. The lowest BCUT2D eigenvalue weighted by Crippen LogP contribution is -2.03. The van der Waals surface area contributed by atoms with Crippen LogP contribution in [0.4, 0.5) is 11.6 Å². The second-order valence-electron chi connectivity index (χ2n) is 3.16. The highest BCUT2D eigenvalue weighted by molar-refractivity contribution is 5.50. The lowest BCUT2D eigenvalue weighted by molar-refractivity contribution is 0.341. The molecule has 17 heavy (non-hydrogen) atoms. The van der Waals surface area contributed by atoms with Gasteiger partial charge in [0.2, 0.25) is 5.95 Å². The number of rotatable bonds is 4. The molecular weight excluding hydrogens is 224 g/mol. The predicted octanol–water partition coefficient (Wildman–Crippen LogP) is 0.366. The Morgan fingerprint density at radius 3 is 2.24 bits per heavy atom. The lowest BCUT2D eigenvalue weighted by atomic mass is 10.6. The molecule has 2 aromatic heterocycles. The van der Waals surface area contributed by atoms with Crippen molar-refractivity contribution in [3.63, 3.8) is 0 Å². The first-order valence-corrected chi connectivity index (χ1v) is 4.81. The van der Waals surface area contributed by atoms with Crippen molar-refractivity contribution in [1.82, 2.24) is 24.7 Å². The minimum Gasteiger partial charge on any atom is -0.467 e. The quantitative estimate of drug-likeness (QED) is 0.820. The van der Waals surface area contributed by atoms with E-state index in [0.717, 1.165) is 5.69 Å². The number of methoxy groups -OCH3 is 2. The van der Waals surface area contributed by atoms with E-state index in [-0.39, 0.29) is 12.0 Å². The minimum atomic E-state index is 0.184. The summed E-state index contributed by atoms with van der Waals surface area (Å²) in [4.78, 5) is 12.0. The van der Waals surface area contributed by atoms with E-state index in [2.05, 4.69) is 25.4 Å². The normalized spacial score (nSPS) is 10.1. The van der Waals surface area contributed by atoms with Gasteiger partial charge in [-0.2, -0.15) is 15.1 Å². The first-order valence-electron chi connectivity index (χ1n) is 4.81. The van der Waals surface area contributed by atoms with Gasteiger partial charge in [-0.15, -0.1) is 4.98 Å². The maximum absolute atomic E-state index is 4.94. The summed E-state index contributed by atoms with van der Waals surface area (Å²) in [5, 5.41) is 6.99. The Balaban J connectivity index is 2.25. The summed E-state index contributed by atoms with van der Waals surface area (Å²) in [6.07, 6.45) is 3.45. The van der Waals surface area contributed by atoms with Crippen molar-refractivity contribution in [2.24, 2.45) is 7.05 Å². The molecule has 2 rings (SSSR count). The van der Waals surface area contributed by atoms with Crippen molar-refractivity contribution in [1.29, 1.82) is 0 Å². The van der Waals surface area contributed by atoms with Gasteiger partial charge in [0.05, 0.1) is 26.1 Å². The molecule has 0 unspecified atom stereocenters. The van der Waals surface area contributed by atoms with Gasteiger partial charge in [-0.05, 0) is 0 Å². The monoisotopic (exact) mass is 236 g/mol. The zero-order valence-corrected chi connectivity index (χ0v) is 9.71. The van der Waals surface area contributed by atoms with Crippen molar-refractivity contribution in [3.8, 4) is 12.0 Å². The third-order valence-electron chi connectivity index (χ3n) is 1.92. The molecule has 2 heterocycles. The Labute approximate surface area is 97.6 Å². The Morgan fingerprint density at radius 2 is 1.76 bits per heavy atom. The average molecular weight is 236 g/mol. The van der Waals surface area contributed by atoms with Crippen LogP contribution in [0.1, 0.15) is 0 Å². The Kier molecular flexibility index (Phi) is 3.03. The molecule has 8 nitrogen and oxygen atoms in total. The lowest BCUT2D eigenvalue weighted by Gasteiger charge is -2.05. The molecule has 0 fully saturated rings. The van der Waals surface area contributed by atoms with Gasteiger partial charge < -0.3 is 14.8 Å². The number of nitrogens with zero attached hydrogens (tertiary/aromatic N) is 5. The molecule has 0 amide bonds. The Bertz CT molecular complexity index is 490. The third kappa shape index (κ3) is 2.60. The van der Waals surface area contributed by atoms with Crippen LogP contribution in [0, 0.1) is 0 Å². The number of ether oxygens (including phenoxy) is 2. The van der Waals surface area contributed by atoms with E-state index in [0.29, 0.717) is 5.95 Å². The molecule has 0 aliphatic carbocycles. The maximum Gasteiger partial charge on any atom is 0.324 e. The van der Waals surface area contributed by atoms with Crippen molar-refractivity contribution >= 4 is 11.6 Å². The van der Waals surface area contributed by atoms with Crippen LogP contribution in [0.25, 0.3) is 0 Å². The van der Waals surface area contributed by atoms with Gasteiger partial charge in [-0.3, -0.25) is 4.68 Å². The molecule has 90 valence electrons. The van der Waals surface area contributed by atoms with Gasteiger partial charge >= 0.3 is 12.0 Å². The second-order valence-corrected chi connectivity index (χ2v) is 3.16. The zero-order chi connectivity index (χ0) is 12.3. The molecule has 0 spiro atoms. The van der Waals surface area contributed by atoms with Gasteiger partial charge in [-0.1, -0.05) is 0 Å². The van der Waals surface area contributed by atoms with Crippen LogP contribution in [0.3, 0.4) is 0 Å². The van der Waals surface area contributed by atoms with Crippen LogP contribution in [0.15, 0.2) is 12.4 Å². The topological polar surface area (TPSA) is 87.0 Å². The molecule has 0 aliphatic heterocycles. The number of aromatic nitrogens is 5. The fourth-order valence-electron chi connectivity index (χ4n) is 1.19. The van der Waals surface area contributed by atoms with Gasteiger partial charge in [0.25, 0.3) is 0 Å². The second kappa shape index (κ2) is 4.64. The number of anilines is 2. The summed E-state index contributed by atoms with van der Waals surface area (Å²) in [5.74, 6) is 0.335. The molecule has 0 saturated heterocycles. The van der Waals surface area contributed by atoms with Gasteiger partial charge in [0.15, 0.2) is 0 Å². The highest BCUT2D eigenvalue weighted by Gasteiger charge is 2.07. The Morgan fingerprint density at radius 1 is 1.12 bits per heavy atom. The van der Waals surface area contributed by atoms with Crippen LogP contribution >= 0.6 is 0 Å². The van der Waals surface area contributed by atoms with Crippen molar-refractivity contribution in [2.45, 2.75) is 0 Å². The fourth-order valence-corrected chi connectivity index (χ4v) is 1.19. The van der Waals surface area contributed by atoms with Crippen LogP contribution in [0.5, 0.6) is 12.0 Å². The first kappa shape index (κ1) is 11.1. The van der Waals surface area contributed by atoms with Gasteiger partial charge in [-0.25, -0.2) is 0 Å². The molecule has 0 radical (unpaired) electrons. The van der Waals surface area contributed by atoms with Gasteiger partial charge in [0, 0.05) is 13.2 Å². The van der Waals surface area contributed by atoms with Crippen LogP contribution in [-0.4, -0.2) is 39.0 Å². The predicted molar refractivity (Wildman–Crippen MR) is 59.4 cm³/mol. The number of hydrogen-bond acceptors (Lipinski definition) is 7. The number of aryl methyl sites for hydroxylation is 1. The van der Waals surface area contributed by atoms with E-state index in [1.54, 1.807) is 17.1 Å². The SMILES string of the molecule is COc1nc(Nc2cnn(C)c2)nc(OC)n1. The summed E-state index contributed by atoms with van der Waals surface area (Å²) < 4.78 is 11.5. The average Bonchev–Trinajstić information content (AvgIpc) is 2.74. The highest BCUT2D eigenvalue weighted by atomic mass is 16.5. The number of nitrogens with one attached hydrogen (secondary N) is 1. The summed E-state index contributed by atoms with van der Waals surface area (Å²) in [6.45, 7) is 0. The first-order chi connectivity index (χ1) is 8.21. The molecule has 0 saturated carbocycles. The van der Waals surface area contributed by atoms with Crippen molar-refractivity contribution in [2.75, 3.05) is 19.5 Å². The standard InChI is InChI=1S/C9H12N6O2/c1-15-5-6(4-10-15)11-7-12-8(16-2)14-9(13-7)17-3/h4-5H,1-3H3,(H,11,12,13,14). The van der Waals surface area contributed by atoms with E-state index in [1.807, 2.05) is 7.05 Å². The van der Waals surface area contributed by atoms with E-state index < -0.39 is 0 Å². The molecular formula is C9H12N6O2. The minimum absolute atomic E-state index is 0.184. The van der Waals surface area contributed by atoms with Crippen molar-refractivity contribution in [3.05, 3.63) is 12.4 Å². The van der Waals surface area contributed by atoms with E-state index >= 15 is 0 Å². The highest BCUT2D eigenvalue weighted by Crippen LogP contribution is 2.16. The zero-order valence-electron chi connectivity index (χ0n) is 9.71. The molecule has 2 aromatic rings. The van der Waals surface area contributed by atoms with Crippen LogP contribution < -0.4 is 14.8 Å². The van der Waals surface area contributed by atoms with Crippen LogP contribution in [0.2, 0.25) is 0 Å². The smallest absolute Gasteiger partial charge is 0.324 e. The van der Waals surface area contributed by atoms with E-state index in [1.165, 1.54) is 14.2 Å². The maximum atomic E-state index is 4.94. The van der Waals surface area contributed by atoms with E-state index in [9.17, 15) is 0 Å². The van der Waals surface area contributed by atoms with E-state index in [4.69, 9.17) is 9.47 Å². The number of hydrogen-bond donors (Lipinski definition) is 1. The molecule has 1 N–H and O–H groups in total. The molecule has 8 heteroatoms. The third-order valence-corrected chi connectivity index (χ3v) is 1.92. The fraction of sp³-hybridized carbons (Fsp3) is 0.333.